The van der Waals surface area contributed by atoms with Crippen molar-refractivity contribution in [1.29, 1.82) is 0 Å². The van der Waals surface area contributed by atoms with Gasteiger partial charge in [-0.1, -0.05) is 0 Å². The molecule has 1 aliphatic rings. The Balaban J connectivity index is 1.50. The summed E-state index contributed by atoms with van der Waals surface area (Å²) in [6.07, 6.45) is 3.84. The third-order valence-corrected chi connectivity index (χ3v) is 4.15. The molecule has 0 radical (unpaired) electrons. The molecule has 1 atom stereocenters. The van der Waals surface area contributed by atoms with Crippen LogP contribution in [0.25, 0.3) is 11.5 Å². The molecule has 6 nitrogen and oxygen atoms in total. The molecule has 128 valence electrons. The predicted molar refractivity (Wildman–Crippen MR) is 85.8 cm³/mol. The standard InChI is InChI=1S/C17H20FN3O3/c18-13-5-3-12(4-6-13)16-20-14(11-24-16)7-8-19-17(23)21-9-1-2-15(21)10-22/h3-6,11,15,22H,1-2,7-10H2,(H,19,23)/t15-/m0/s1. The van der Waals surface area contributed by atoms with Crippen molar-refractivity contribution in [1.82, 2.24) is 15.2 Å². The van der Waals surface area contributed by atoms with Crippen LogP contribution in [0.1, 0.15) is 18.5 Å². The Labute approximate surface area is 139 Å². The minimum atomic E-state index is -0.309. The van der Waals surface area contributed by atoms with E-state index in [4.69, 9.17) is 4.42 Å². The number of nitrogens with one attached hydrogen (secondary N) is 1. The van der Waals surface area contributed by atoms with Crippen LogP contribution >= 0.6 is 0 Å². The monoisotopic (exact) mass is 333 g/mol. The van der Waals surface area contributed by atoms with Gasteiger partial charge in [-0.15, -0.1) is 0 Å². The van der Waals surface area contributed by atoms with E-state index in [-0.39, 0.29) is 24.5 Å². The van der Waals surface area contributed by atoms with E-state index in [0.717, 1.165) is 18.5 Å². The van der Waals surface area contributed by atoms with Gasteiger partial charge in [-0.2, -0.15) is 0 Å². The number of hydrogen-bond acceptors (Lipinski definition) is 4. The van der Waals surface area contributed by atoms with Crippen LogP contribution in [-0.4, -0.2) is 46.8 Å². The summed E-state index contributed by atoms with van der Waals surface area (Å²) in [5, 5.41) is 12.1. The van der Waals surface area contributed by atoms with Gasteiger partial charge in [0.15, 0.2) is 0 Å². The first kappa shape index (κ1) is 16.4. The fraction of sp³-hybridized carbons (Fsp3) is 0.412. The van der Waals surface area contributed by atoms with Crippen LogP contribution in [-0.2, 0) is 6.42 Å². The molecule has 1 saturated heterocycles. The Kier molecular flexibility index (Phi) is 5.10. The van der Waals surface area contributed by atoms with Gasteiger partial charge in [-0.25, -0.2) is 14.2 Å². The highest BCUT2D eigenvalue weighted by molar-refractivity contribution is 5.74. The molecule has 0 bridgehead atoms. The number of carbonyl (C=O) groups excluding carboxylic acids is 1. The number of halogens is 1. The van der Waals surface area contributed by atoms with Gasteiger partial charge >= 0.3 is 6.03 Å². The summed E-state index contributed by atoms with van der Waals surface area (Å²) in [6.45, 7) is 1.11. The van der Waals surface area contributed by atoms with Crippen LogP contribution < -0.4 is 5.32 Å². The van der Waals surface area contributed by atoms with Crippen molar-refractivity contribution in [3.63, 3.8) is 0 Å². The third-order valence-electron chi connectivity index (χ3n) is 4.15. The SMILES string of the molecule is O=C(NCCc1coc(-c2ccc(F)cc2)n1)N1CCC[C@H]1CO. The minimum absolute atomic E-state index is 0.00225. The van der Waals surface area contributed by atoms with Gasteiger partial charge in [0.1, 0.15) is 12.1 Å². The van der Waals surface area contributed by atoms with E-state index in [1.54, 1.807) is 17.0 Å². The van der Waals surface area contributed by atoms with E-state index >= 15 is 0 Å². The maximum Gasteiger partial charge on any atom is 0.317 e. The maximum absolute atomic E-state index is 12.9. The molecule has 2 aromatic rings. The number of rotatable bonds is 5. The number of carbonyl (C=O) groups is 1. The number of likely N-dealkylation sites (tertiary alicyclic amines) is 1. The molecule has 1 aromatic carbocycles. The molecule has 3 rings (SSSR count). The van der Waals surface area contributed by atoms with Crippen molar-refractivity contribution in [2.24, 2.45) is 0 Å². The van der Waals surface area contributed by atoms with Gasteiger partial charge in [0.2, 0.25) is 5.89 Å². The number of oxazole rings is 1. The highest BCUT2D eigenvalue weighted by Crippen LogP contribution is 2.19. The number of benzene rings is 1. The molecule has 0 spiro atoms. The number of nitrogens with zero attached hydrogens (tertiary/aromatic N) is 2. The van der Waals surface area contributed by atoms with E-state index in [2.05, 4.69) is 10.3 Å². The second-order valence-electron chi connectivity index (χ2n) is 5.80. The van der Waals surface area contributed by atoms with Crippen LogP contribution in [0.3, 0.4) is 0 Å². The van der Waals surface area contributed by atoms with Gasteiger partial charge in [0.25, 0.3) is 0 Å². The lowest BCUT2D eigenvalue weighted by Gasteiger charge is -2.23. The zero-order valence-electron chi connectivity index (χ0n) is 13.2. The van der Waals surface area contributed by atoms with E-state index in [9.17, 15) is 14.3 Å². The minimum Gasteiger partial charge on any atom is -0.444 e. The Hall–Kier alpha value is -2.41. The molecule has 0 unspecified atom stereocenters. The van der Waals surface area contributed by atoms with E-state index in [1.807, 2.05) is 0 Å². The number of hydrogen-bond donors (Lipinski definition) is 2. The number of aliphatic hydroxyl groups is 1. The topological polar surface area (TPSA) is 78.6 Å². The second-order valence-corrected chi connectivity index (χ2v) is 5.80. The Bertz CT molecular complexity index is 687. The molecular weight excluding hydrogens is 313 g/mol. The molecular formula is C17H20FN3O3. The Morgan fingerprint density at radius 1 is 1.42 bits per heavy atom. The number of amides is 2. The summed E-state index contributed by atoms with van der Waals surface area (Å²) >= 11 is 0. The van der Waals surface area contributed by atoms with Gasteiger partial charge in [-0.05, 0) is 37.1 Å². The highest BCUT2D eigenvalue weighted by Gasteiger charge is 2.27. The number of aliphatic hydroxyl groups excluding tert-OH is 1. The van der Waals surface area contributed by atoms with Crippen molar-refractivity contribution in [2.75, 3.05) is 19.7 Å². The van der Waals surface area contributed by atoms with Crippen LogP contribution in [0.15, 0.2) is 34.9 Å². The van der Waals surface area contributed by atoms with Crippen molar-refractivity contribution in [2.45, 2.75) is 25.3 Å². The highest BCUT2D eigenvalue weighted by atomic mass is 19.1. The second kappa shape index (κ2) is 7.44. The molecule has 0 saturated carbocycles. The molecule has 0 aliphatic carbocycles. The first-order valence-corrected chi connectivity index (χ1v) is 8.03. The van der Waals surface area contributed by atoms with Crippen molar-refractivity contribution in [3.8, 4) is 11.5 Å². The number of aromatic nitrogens is 1. The predicted octanol–water partition coefficient (Wildman–Crippen LogP) is 2.19. The van der Waals surface area contributed by atoms with Crippen molar-refractivity contribution in [3.05, 3.63) is 42.0 Å². The smallest absolute Gasteiger partial charge is 0.317 e. The van der Waals surface area contributed by atoms with Crippen molar-refractivity contribution < 1.29 is 18.7 Å². The largest absolute Gasteiger partial charge is 0.444 e. The summed E-state index contributed by atoms with van der Waals surface area (Å²) in [5.41, 5.74) is 1.42. The molecule has 1 aromatic heterocycles. The fourth-order valence-corrected chi connectivity index (χ4v) is 2.84. The zero-order valence-corrected chi connectivity index (χ0v) is 13.2. The molecule has 1 aliphatic heterocycles. The van der Waals surface area contributed by atoms with E-state index < -0.39 is 0 Å². The summed E-state index contributed by atoms with van der Waals surface area (Å²) in [5.74, 6) is 0.118. The molecule has 2 amide bonds. The fourth-order valence-electron chi connectivity index (χ4n) is 2.84. The maximum atomic E-state index is 12.9. The van der Waals surface area contributed by atoms with Crippen LogP contribution in [0.4, 0.5) is 9.18 Å². The summed E-state index contributed by atoms with van der Waals surface area (Å²) in [4.78, 5) is 18.1. The third kappa shape index (κ3) is 3.73. The lowest BCUT2D eigenvalue weighted by molar-refractivity contribution is 0.157. The molecule has 2 N–H and O–H groups in total. The van der Waals surface area contributed by atoms with E-state index in [1.165, 1.54) is 18.4 Å². The van der Waals surface area contributed by atoms with Gasteiger partial charge < -0.3 is 19.7 Å². The Morgan fingerprint density at radius 2 is 2.21 bits per heavy atom. The molecule has 24 heavy (non-hydrogen) atoms. The summed E-state index contributed by atoms with van der Waals surface area (Å²) in [7, 11) is 0. The van der Waals surface area contributed by atoms with Gasteiger partial charge in [0, 0.05) is 25.1 Å². The lowest BCUT2D eigenvalue weighted by atomic mass is 10.2. The average molecular weight is 333 g/mol. The quantitative estimate of drug-likeness (QED) is 0.879. The lowest BCUT2D eigenvalue weighted by Crippen LogP contribution is -2.44. The average Bonchev–Trinajstić information content (AvgIpc) is 3.24. The molecule has 1 fully saturated rings. The van der Waals surface area contributed by atoms with Crippen LogP contribution in [0.2, 0.25) is 0 Å². The first-order valence-electron chi connectivity index (χ1n) is 8.03. The van der Waals surface area contributed by atoms with Crippen molar-refractivity contribution >= 4 is 6.03 Å². The Morgan fingerprint density at radius 3 is 2.96 bits per heavy atom. The molecule has 7 heteroatoms. The zero-order chi connectivity index (χ0) is 16.9. The van der Waals surface area contributed by atoms with E-state index in [0.29, 0.717) is 31.0 Å². The van der Waals surface area contributed by atoms with Crippen LogP contribution in [0, 0.1) is 5.82 Å². The van der Waals surface area contributed by atoms with Gasteiger partial charge in [-0.3, -0.25) is 0 Å². The molecule has 2 heterocycles. The first-order chi connectivity index (χ1) is 11.7. The van der Waals surface area contributed by atoms with Gasteiger partial charge in [0.05, 0.1) is 18.3 Å². The normalized spacial score (nSPS) is 17.2. The summed E-state index contributed by atoms with van der Waals surface area (Å²) < 4.78 is 18.3. The van der Waals surface area contributed by atoms with Crippen LogP contribution in [0.5, 0.6) is 0 Å². The summed E-state index contributed by atoms with van der Waals surface area (Å²) in [6, 6.07) is 5.68. The number of urea groups is 1.